The van der Waals surface area contributed by atoms with Crippen LogP contribution in [0.5, 0.6) is 0 Å². The predicted molar refractivity (Wildman–Crippen MR) is 75.7 cm³/mol. The van der Waals surface area contributed by atoms with E-state index < -0.39 is 24.7 Å². The van der Waals surface area contributed by atoms with Gasteiger partial charge in [0.05, 0.1) is 10.6 Å². The minimum absolute atomic E-state index is 0.00174. The largest absolute Gasteiger partial charge is 0.406 e. The molecule has 1 aromatic heterocycles. The lowest BCUT2D eigenvalue weighted by Crippen LogP contribution is -2.45. The number of alkyl halides is 3. The van der Waals surface area contributed by atoms with Gasteiger partial charge in [-0.2, -0.15) is 13.2 Å². The fourth-order valence-electron chi connectivity index (χ4n) is 1.99. The van der Waals surface area contributed by atoms with Crippen molar-refractivity contribution in [2.45, 2.75) is 38.9 Å². The highest BCUT2D eigenvalue weighted by Gasteiger charge is 2.36. The molecule has 0 spiro atoms. The van der Waals surface area contributed by atoms with Gasteiger partial charge in [0, 0.05) is 12.2 Å². The van der Waals surface area contributed by atoms with E-state index in [9.17, 15) is 18.0 Å². The highest BCUT2D eigenvalue weighted by atomic mass is 35.5. The Bertz CT molecular complexity index is 505. The second-order valence-corrected chi connectivity index (χ2v) is 5.28. The zero-order valence-electron chi connectivity index (χ0n) is 11.5. The summed E-state index contributed by atoms with van der Waals surface area (Å²) in [5.74, 6) is -0.757. The van der Waals surface area contributed by atoms with Crippen molar-refractivity contribution >= 4 is 29.1 Å². The van der Waals surface area contributed by atoms with E-state index in [4.69, 9.17) is 23.2 Å². The van der Waals surface area contributed by atoms with Crippen LogP contribution in [0.4, 0.5) is 13.2 Å². The Morgan fingerprint density at radius 1 is 1.33 bits per heavy atom. The molecule has 21 heavy (non-hydrogen) atoms. The van der Waals surface area contributed by atoms with Crippen LogP contribution in [-0.2, 0) is 0 Å². The molecule has 0 aliphatic heterocycles. The lowest BCUT2D eigenvalue weighted by atomic mass is 10.1. The summed E-state index contributed by atoms with van der Waals surface area (Å²) in [6.45, 7) is 2.16. The zero-order chi connectivity index (χ0) is 16.2. The van der Waals surface area contributed by atoms with Gasteiger partial charge in [-0.3, -0.25) is 4.79 Å². The predicted octanol–water partition coefficient (Wildman–Crippen LogP) is 4.58. The van der Waals surface area contributed by atoms with Gasteiger partial charge in [0.2, 0.25) is 0 Å². The Labute approximate surface area is 131 Å². The SMILES string of the molecule is CCC(CC)N(CC(F)(F)F)C(=O)c1cnc(Cl)c(Cl)c1. The lowest BCUT2D eigenvalue weighted by molar-refractivity contribution is -0.144. The summed E-state index contributed by atoms with van der Waals surface area (Å²) in [6.07, 6.45) is -2.50. The van der Waals surface area contributed by atoms with Gasteiger partial charge in [-0.1, -0.05) is 37.0 Å². The first-order valence-electron chi connectivity index (χ1n) is 6.38. The molecule has 0 atom stereocenters. The summed E-state index contributed by atoms with van der Waals surface area (Å²) in [4.78, 5) is 16.8. The van der Waals surface area contributed by atoms with Crippen molar-refractivity contribution in [3.8, 4) is 0 Å². The lowest BCUT2D eigenvalue weighted by Gasteiger charge is -2.31. The van der Waals surface area contributed by atoms with Crippen LogP contribution in [-0.4, -0.2) is 34.6 Å². The van der Waals surface area contributed by atoms with E-state index in [1.807, 2.05) is 0 Å². The van der Waals surface area contributed by atoms with E-state index in [2.05, 4.69) is 4.98 Å². The molecule has 1 amide bonds. The second kappa shape index (κ2) is 7.31. The highest BCUT2D eigenvalue weighted by molar-refractivity contribution is 6.41. The number of hydrogen-bond acceptors (Lipinski definition) is 2. The van der Waals surface area contributed by atoms with Crippen molar-refractivity contribution in [1.29, 1.82) is 0 Å². The molecule has 0 fully saturated rings. The average Bonchev–Trinajstić information content (AvgIpc) is 2.40. The second-order valence-electron chi connectivity index (χ2n) is 4.52. The van der Waals surface area contributed by atoms with Crippen LogP contribution in [0.15, 0.2) is 12.3 Å². The summed E-state index contributed by atoms with van der Waals surface area (Å²) in [5, 5.41) is 0.0251. The fraction of sp³-hybridized carbons (Fsp3) is 0.538. The minimum atomic E-state index is -4.47. The Morgan fingerprint density at radius 2 is 1.90 bits per heavy atom. The van der Waals surface area contributed by atoms with Crippen LogP contribution in [0.2, 0.25) is 10.2 Å². The molecule has 0 aliphatic carbocycles. The third-order valence-corrected chi connectivity index (χ3v) is 3.72. The number of halogens is 5. The summed E-state index contributed by atoms with van der Waals surface area (Å²) in [5.41, 5.74) is -0.0134. The van der Waals surface area contributed by atoms with E-state index >= 15 is 0 Å². The van der Waals surface area contributed by atoms with Gasteiger partial charge >= 0.3 is 6.18 Å². The van der Waals surface area contributed by atoms with Crippen LogP contribution in [0.3, 0.4) is 0 Å². The number of pyridine rings is 1. The summed E-state index contributed by atoms with van der Waals surface area (Å²) in [6, 6.07) is 0.721. The Morgan fingerprint density at radius 3 is 2.33 bits per heavy atom. The Kier molecular flexibility index (Phi) is 6.28. The number of carbonyl (C=O) groups excluding carboxylic acids is 1. The molecule has 0 saturated carbocycles. The topological polar surface area (TPSA) is 33.2 Å². The number of hydrogen-bond donors (Lipinski definition) is 0. The molecule has 0 N–H and O–H groups in total. The summed E-state index contributed by atoms with van der Waals surface area (Å²) in [7, 11) is 0. The molecule has 0 unspecified atom stereocenters. The molecule has 0 aliphatic rings. The monoisotopic (exact) mass is 342 g/mol. The highest BCUT2D eigenvalue weighted by Crippen LogP contribution is 2.25. The molecule has 1 aromatic rings. The van der Waals surface area contributed by atoms with Crippen molar-refractivity contribution < 1.29 is 18.0 Å². The fourth-order valence-corrected chi connectivity index (χ4v) is 2.26. The van der Waals surface area contributed by atoms with Crippen molar-refractivity contribution in [2.24, 2.45) is 0 Å². The normalized spacial score (nSPS) is 11.8. The van der Waals surface area contributed by atoms with Gasteiger partial charge < -0.3 is 4.90 Å². The summed E-state index contributed by atoms with van der Waals surface area (Å²) >= 11 is 11.4. The molecule has 8 heteroatoms. The minimum Gasteiger partial charge on any atom is -0.327 e. The van der Waals surface area contributed by atoms with E-state index in [0.29, 0.717) is 12.8 Å². The molecule has 0 radical (unpaired) electrons. The van der Waals surface area contributed by atoms with E-state index in [1.165, 1.54) is 6.07 Å². The standard InChI is InChI=1S/C13H15Cl2F3N2O/c1-3-9(4-2)20(7-13(16,17)18)12(21)8-5-10(14)11(15)19-6-8/h5-6,9H,3-4,7H2,1-2H3. The first-order chi connectivity index (χ1) is 9.69. The van der Waals surface area contributed by atoms with Crippen LogP contribution in [0.1, 0.15) is 37.0 Å². The molecule has 0 saturated heterocycles. The van der Waals surface area contributed by atoms with Crippen molar-refractivity contribution in [3.05, 3.63) is 28.0 Å². The molecule has 3 nitrogen and oxygen atoms in total. The van der Waals surface area contributed by atoms with Gasteiger partial charge in [-0.25, -0.2) is 4.98 Å². The molecule has 1 rings (SSSR count). The third-order valence-electron chi connectivity index (χ3n) is 3.04. The van der Waals surface area contributed by atoms with Gasteiger partial charge in [0.1, 0.15) is 11.7 Å². The number of amides is 1. The quantitative estimate of drug-likeness (QED) is 0.733. The molecule has 1 heterocycles. The van der Waals surface area contributed by atoms with Crippen LogP contribution < -0.4 is 0 Å². The first-order valence-corrected chi connectivity index (χ1v) is 7.14. The maximum absolute atomic E-state index is 12.7. The molecule has 0 bridgehead atoms. The van der Waals surface area contributed by atoms with E-state index in [-0.39, 0.29) is 15.7 Å². The smallest absolute Gasteiger partial charge is 0.327 e. The van der Waals surface area contributed by atoms with Gasteiger partial charge in [-0.15, -0.1) is 0 Å². The van der Waals surface area contributed by atoms with Crippen LogP contribution in [0.25, 0.3) is 0 Å². The maximum Gasteiger partial charge on any atom is 0.406 e. The maximum atomic E-state index is 12.7. The van der Waals surface area contributed by atoms with Crippen molar-refractivity contribution in [1.82, 2.24) is 9.88 Å². The average molecular weight is 343 g/mol. The Balaban J connectivity index is 3.11. The van der Waals surface area contributed by atoms with E-state index in [1.54, 1.807) is 13.8 Å². The number of rotatable bonds is 5. The molecular weight excluding hydrogens is 328 g/mol. The van der Waals surface area contributed by atoms with Gasteiger partial charge in [0.15, 0.2) is 0 Å². The number of carbonyl (C=O) groups is 1. The van der Waals surface area contributed by atoms with Crippen LogP contribution >= 0.6 is 23.2 Å². The molecule has 0 aromatic carbocycles. The van der Waals surface area contributed by atoms with E-state index in [0.717, 1.165) is 11.1 Å². The number of aromatic nitrogens is 1. The number of nitrogens with zero attached hydrogens (tertiary/aromatic N) is 2. The summed E-state index contributed by atoms with van der Waals surface area (Å²) < 4.78 is 38.1. The zero-order valence-corrected chi connectivity index (χ0v) is 13.1. The third kappa shape index (κ3) is 5.04. The van der Waals surface area contributed by atoms with Crippen LogP contribution in [0, 0.1) is 0 Å². The van der Waals surface area contributed by atoms with Crippen molar-refractivity contribution in [2.75, 3.05) is 6.54 Å². The molecule has 118 valence electrons. The van der Waals surface area contributed by atoms with Gasteiger partial charge in [-0.05, 0) is 18.9 Å². The Hall–Kier alpha value is -1.01. The first kappa shape index (κ1) is 18.0. The molecular formula is C13H15Cl2F3N2O. The van der Waals surface area contributed by atoms with Crippen molar-refractivity contribution in [3.63, 3.8) is 0 Å². The van der Waals surface area contributed by atoms with Gasteiger partial charge in [0.25, 0.3) is 5.91 Å².